The summed E-state index contributed by atoms with van der Waals surface area (Å²) in [4.78, 5) is 13.8. The minimum Gasteiger partial charge on any atom is -0.410 e. The van der Waals surface area contributed by atoms with Crippen molar-refractivity contribution < 1.29 is 9.53 Å². The largest absolute Gasteiger partial charge is 0.419 e. The van der Waals surface area contributed by atoms with Crippen LogP contribution >= 0.6 is 0 Å². The number of amides is 1. The maximum Gasteiger partial charge on any atom is 0.419 e. The molecule has 0 bridgehead atoms. The molecule has 0 unspecified atom stereocenters. The molecule has 0 atom stereocenters. The van der Waals surface area contributed by atoms with Gasteiger partial charge in [0.1, 0.15) is 5.75 Å². The second kappa shape index (κ2) is 4.53. The highest BCUT2D eigenvalue weighted by Gasteiger charge is 2.25. The smallest absolute Gasteiger partial charge is 0.410 e. The lowest BCUT2D eigenvalue weighted by molar-refractivity contribution is 0.208. The Morgan fingerprint density at radius 1 is 1.00 bits per heavy atom. The maximum absolute atomic E-state index is 12.1. The van der Waals surface area contributed by atoms with Crippen molar-refractivity contribution in [2.45, 2.75) is 6.42 Å². The summed E-state index contributed by atoms with van der Waals surface area (Å²) in [5.41, 5.74) is 2.15. The number of benzene rings is 2. The lowest BCUT2D eigenvalue weighted by atomic mass is 10.2. The van der Waals surface area contributed by atoms with Crippen LogP contribution in [0.4, 0.5) is 10.5 Å². The third kappa shape index (κ3) is 1.95. The Balaban J connectivity index is 1.79. The highest BCUT2D eigenvalue weighted by molar-refractivity contribution is 5.91. The van der Waals surface area contributed by atoms with Crippen molar-refractivity contribution in [3.8, 4) is 5.75 Å². The molecule has 0 saturated heterocycles. The molecule has 0 saturated carbocycles. The number of hydrogen-bond acceptors (Lipinski definition) is 2. The highest BCUT2D eigenvalue weighted by Crippen LogP contribution is 2.28. The van der Waals surface area contributed by atoms with E-state index < -0.39 is 0 Å². The Hall–Kier alpha value is -2.29. The third-order valence-corrected chi connectivity index (χ3v) is 3.06. The molecule has 18 heavy (non-hydrogen) atoms. The number of anilines is 1. The number of ether oxygens (including phenoxy) is 1. The molecule has 2 aromatic carbocycles. The normalized spacial score (nSPS) is 13.2. The molecule has 90 valence electrons. The summed E-state index contributed by atoms with van der Waals surface area (Å²) >= 11 is 0. The van der Waals surface area contributed by atoms with E-state index >= 15 is 0 Å². The molecule has 2 aromatic rings. The minimum absolute atomic E-state index is 0.314. The average molecular weight is 239 g/mol. The fraction of sp³-hybridized carbons (Fsp3) is 0.133. The van der Waals surface area contributed by atoms with Crippen LogP contribution < -0.4 is 9.64 Å². The van der Waals surface area contributed by atoms with Gasteiger partial charge in [-0.05, 0) is 30.2 Å². The molecule has 0 fully saturated rings. The van der Waals surface area contributed by atoms with E-state index in [1.807, 2.05) is 42.5 Å². The first-order chi connectivity index (χ1) is 8.84. The van der Waals surface area contributed by atoms with E-state index in [1.54, 1.807) is 17.0 Å². The first kappa shape index (κ1) is 10.8. The van der Waals surface area contributed by atoms with Gasteiger partial charge in [0.05, 0.1) is 5.69 Å². The van der Waals surface area contributed by atoms with Gasteiger partial charge in [0.2, 0.25) is 0 Å². The first-order valence-corrected chi connectivity index (χ1v) is 5.97. The molecule has 1 heterocycles. The van der Waals surface area contributed by atoms with Crippen LogP contribution in [0.25, 0.3) is 0 Å². The second-order valence-corrected chi connectivity index (χ2v) is 4.21. The zero-order valence-corrected chi connectivity index (χ0v) is 9.87. The van der Waals surface area contributed by atoms with E-state index in [0.717, 1.165) is 12.1 Å². The summed E-state index contributed by atoms with van der Waals surface area (Å²) in [6, 6.07) is 17.1. The minimum atomic E-state index is -0.314. The fourth-order valence-electron chi connectivity index (χ4n) is 2.17. The number of hydrogen-bond donors (Lipinski definition) is 0. The summed E-state index contributed by atoms with van der Waals surface area (Å²) < 4.78 is 5.34. The molecule has 0 radical (unpaired) electrons. The van der Waals surface area contributed by atoms with E-state index in [9.17, 15) is 4.79 Å². The van der Waals surface area contributed by atoms with Crippen LogP contribution in [0.5, 0.6) is 5.75 Å². The van der Waals surface area contributed by atoms with Gasteiger partial charge in [-0.3, -0.25) is 4.90 Å². The SMILES string of the molecule is O=C(Oc1ccccc1)N1CCc2ccccc21. The summed E-state index contributed by atoms with van der Waals surface area (Å²) in [5, 5.41) is 0. The first-order valence-electron chi connectivity index (χ1n) is 5.97. The molecule has 0 spiro atoms. The third-order valence-electron chi connectivity index (χ3n) is 3.06. The predicted molar refractivity (Wildman–Crippen MR) is 70.0 cm³/mol. The van der Waals surface area contributed by atoms with E-state index in [-0.39, 0.29) is 6.09 Å². The lowest BCUT2D eigenvalue weighted by Gasteiger charge is -2.16. The summed E-state index contributed by atoms with van der Waals surface area (Å²) in [5.74, 6) is 0.576. The fourth-order valence-corrected chi connectivity index (χ4v) is 2.17. The van der Waals surface area contributed by atoms with Crippen LogP contribution in [0.2, 0.25) is 0 Å². The molecule has 3 rings (SSSR count). The Kier molecular flexibility index (Phi) is 2.73. The van der Waals surface area contributed by atoms with Crippen molar-refractivity contribution in [2.24, 2.45) is 0 Å². The van der Waals surface area contributed by atoms with Gasteiger partial charge in [-0.15, -0.1) is 0 Å². The summed E-state index contributed by atoms with van der Waals surface area (Å²) in [6.07, 6.45) is 0.575. The molecule has 0 aliphatic carbocycles. The van der Waals surface area contributed by atoms with Gasteiger partial charge in [-0.25, -0.2) is 4.79 Å². The molecular formula is C15H13NO2. The van der Waals surface area contributed by atoms with Crippen LogP contribution in [0.15, 0.2) is 54.6 Å². The molecule has 0 N–H and O–H groups in total. The average Bonchev–Trinajstić information content (AvgIpc) is 2.84. The Bertz CT molecular complexity index is 566. The van der Waals surface area contributed by atoms with Gasteiger partial charge in [0.25, 0.3) is 0 Å². The van der Waals surface area contributed by atoms with Crippen LogP contribution in [-0.2, 0) is 6.42 Å². The number of para-hydroxylation sites is 2. The van der Waals surface area contributed by atoms with Crippen molar-refractivity contribution >= 4 is 11.8 Å². The highest BCUT2D eigenvalue weighted by atomic mass is 16.6. The Morgan fingerprint density at radius 3 is 2.56 bits per heavy atom. The molecule has 1 aliphatic heterocycles. The van der Waals surface area contributed by atoms with Crippen molar-refractivity contribution in [1.29, 1.82) is 0 Å². The van der Waals surface area contributed by atoms with Gasteiger partial charge >= 0.3 is 6.09 Å². The molecule has 0 aromatic heterocycles. The topological polar surface area (TPSA) is 29.5 Å². The van der Waals surface area contributed by atoms with Gasteiger partial charge in [0, 0.05) is 6.54 Å². The van der Waals surface area contributed by atoms with Crippen LogP contribution in [0.1, 0.15) is 5.56 Å². The van der Waals surface area contributed by atoms with E-state index in [0.29, 0.717) is 12.3 Å². The Labute approximate surface area is 106 Å². The molecule has 3 heteroatoms. The van der Waals surface area contributed by atoms with Crippen LogP contribution in [-0.4, -0.2) is 12.6 Å². The van der Waals surface area contributed by atoms with E-state index in [1.165, 1.54) is 5.56 Å². The van der Waals surface area contributed by atoms with Crippen molar-refractivity contribution in [3.05, 3.63) is 60.2 Å². The quantitative estimate of drug-likeness (QED) is 0.764. The molecule has 1 aliphatic rings. The van der Waals surface area contributed by atoms with Gasteiger partial charge in [-0.1, -0.05) is 36.4 Å². The van der Waals surface area contributed by atoms with Crippen molar-refractivity contribution in [2.75, 3.05) is 11.4 Å². The maximum atomic E-state index is 12.1. The predicted octanol–water partition coefficient (Wildman–Crippen LogP) is 3.25. The molecule has 1 amide bonds. The zero-order valence-electron chi connectivity index (χ0n) is 9.87. The van der Waals surface area contributed by atoms with Gasteiger partial charge in [-0.2, -0.15) is 0 Å². The molecular weight excluding hydrogens is 226 g/mol. The van der Waals surface area contributed by atoms with E-state index in [2.05, 4.69) is 0 Å². The monoisotopic (exact) mass is 239 g/mol. The van der Waals surface area contributed by atoms with Crippen molar-refractivity contribution in [1.82, 2.24) is 0 Å². The van der Waals surface area contributed by atoms with Gasteiger partial charge in [0.15, 0.2) is 0 Å². The number of carbonyl (C=O) groups is 1. The number of rotatable bonds is 1. The van der Waals surface area contributed by atoms with Gasteiger partial charge < -0.3 is 4.74 Å². The summed E-state index contributed by atoms with van der Waals surface area (Å²) in [7, 11) is 0. The zero-order chi connectivity index (χ0) is 12.4. The second-order valence-electron chi connectivity index (χ2n) is 4.21. The summed E-state index contributed by atoms with van der Waals surface area (Å²) in [6.45, 7) is 0.686. The van der Waals surface area contributed by atoms with Crippen LogP contribution in [0, 0.1) is 0 Å². The standard InChI is InChI=1S/C15H13NO2/c17-15(18-13-7-2-1-3-8-13)16-11-10-12-6-4-5-9-14(12)16/h1-9H,10-11H2. The Morgan fingerprint density at radius 2 is 1.72 bits per heavy atom. The van der Waals surface area contributed by atoms with Crippen molar-refractivity contribution in [3.63, 3.8) is 0 Å². The lowest BCUT2D eigenvalue weighted by Crippen LogP contribution is -2.31. The molecule has 3 nitrogen and oxygen atoms in total. The number of nitrogens with zero attached hydrogens (tertiary/aromatic N) is 1. The van der Waals surface area contributed by atoms with E-state index in [4.69, 9.17) is 4.74 Å². The number of fused-ring (bicyclic) bond motifs is 1. The van der Waals surface area contributed by atoms with Crippen LogP contribution in [0.3, 0.4) is 0 Å². The number of carbonyl (C=O) groups excluding carboxylic acids is 1.